The molecule has 8 nitrogen and oxygen atoms in total. The normalized spacial score (nSPS) is 15.4. The van der Waals surface area contributed by atoms with Crippen molar-refractivity contribution < 1.29 is 18.1 Å². The topological polar surface area (TPSA) is 101 Å². The molecule has 1 aromatic heterocycles. The van der Waals surface area contributed by atoms with Crippen LogP contribution in [-0.4, -0.2) is 56.6 Å². The number of rotatable bonds is 4. The average molecular weight is 409 g/mol. The number of hydrogen-bond acceptors (Lipinski definition) is 7. The maximum absolute atomic E-state index is 12.5. The summed E-state index contributed by atoms with van der Waals surface area (Å²) in [5.74, 6) is -0.0152. The van der Waals surface area contributed by atoms with Gasteiger partial charge in [-0.2, -0.15) is 11.3 Å². The number of thiophene rings is 1. The lowest BCUT2D eigenvalue weighted by Crippen LogP contribution is -2.35. The van der Waals surface area contributed by atoms with Gasteiger partial charge < -0.3 is 9.80 Å². The second kappa shape index (κ2) is 7.65. The summed E-state index contributed by atoms with van der Waals surface area (Å²) in [6.07, 6.45) is 1.68. The Morgan fingerprint density at radius 1 is 1.19 bits per heavy atom. The number of nitrogens with zero attached hydrogens (tertiary/aromatic N) is 3. The Morgan fingerprint density at radius 2 is 1.96 bits per heavy atom. The number of hydrogen-bond donors (Lipinski definition) is 0. The molecule has 1 saturated heterocycles. The lowest BCUT2D eigenvalue weighted by Gasteiger charge is -2.24. The Labute approximate surface area is 161 Å². The van der Waals surface area contributed by atoms with Crippen LogP contribution < -0.4 is 4.90 Å². The van der Waals surface area contributed by atoms with Crippen molar-refractivity contribution in [3.05, 3.63) is 50.7 Å². The maximum Gasteiger partial charge on any atom is 0.288 e. The number of anilines is 1. The molecular formula is C17H19N3O5S2. The average Bonchev–Trinajstić information content (AvgIpc) is 3.04. The summed E-state index contributed by atoms with van der Waals surface area (Å²) in [7, 11) is -3.73. The molecule has 1 amide bonds. The highest BCUT2D eigenvalue weighted by molar-refractivity contribution is 7.90. The largest absolute Gasteiger partial charge is 0.370 e. The van der Waals surface area contributed by atoms with Gasteiger partial charge in [0, 0.05) is 49.6 Å². The standard InChI is InChI=1S/C17H19N3O5S2/c1-27(24,25)16-11-14(3-4-15(16)20(22)23)18-6-2-7-19(9-8-18)17(21)13-5-10-26-12-13/h3-5,10-12H,2,6-9H2,1H3. The van der Waals surface area contributed by atoms with E-state index < -0.39 is 20.4 Å². The molecule has 3 rings (SSSR count). The smallest absolute Gasteiger partial charge is 0.288 e. The van der Waals surface area contributed by atoms with E-state index in [2.05, 4.69) is 0 Å². The Kier molecular flexibility index (Phi) is 5.47. The number of carbonyl (C=O) groups is 1. The third-order valence-corrected chi connectivity index (χ3v) is 6.27. The number of nitro benzene ring substituents is 1. The maximum atomic E-state index is 12.5. The zero-order valence-corrected chi connectivity index (χ0v) is 16.3. The van der Waals surface area contributed by atoms with E-state index >= 15 is 0 Å². The van der Waals surface area contributed by atoms with Crippen molar-refractivity contribution >= 4 is 38.5 Å². The molecule has 1 fully saturated rings. The van der Waals surface area contributed by atoms with E-state index in [9.17, 15) is 23.3 Å². The number of carbonyl (C=O) groups excluding carboxylic acids is 1. The van der Waals surface area contributed by atoms with E-state index in [1.165, 1.54) is 23.5 Å². The summed E-state index contributed by atoms with van der Waals surface area (Å²) in [4.78, 5) is 26.4. The first-order chi connectivity index (χ1) is 12.8. The summed E-state index contributed by atoms with van der Waals surface area (Å²) in [5.41, 5.74) is 0.847. The Hall–Kier alpha value is -2.46. The minimum atomic E-state index is -3.73. The SMILES string of the molecule is CS(=O)(=O)c1cc(N2CCCN(C(=O)c3ccsc3)CC2)ccc1[N+](=O)[O-]. The molecule has 1 aliphatic heterocycles. The van der Waals surface area contributed by atoms with Gasteiger partial charge in [-0.1, -0.05) is 0 Å². The van der Waals surface area contributed by atoms with Crippen LogP contribution in [-0.2, 0) is 9.84 Å². The zero-order valence-electron chi connectivity index (χ0n) is 14.7. The van der Waals surface area contributed by atoms with Crippen LogP contribution in [0.15, 0.2) is 39.9 Å². The summed E-state index contributed by atoms with van der Waals surface area (Å²) >= 11 is 1.47. The minimum absolute atomic E-state index is 0.0152. The van der Waals surface area contributed by atoms with Crippen molar-refractivity contribution in [3.8, 4) is 0 Å². The predicted molar refractivity (Wildman–Crippen MR) is 103 cm³/mol. The second-order valence-electron chi connectivity index (χ2n) is 6.33. The van der Waals surface area contributed by atoms with Crippen molar-refractivity contribution in [1.82, 2.24) is 4.90 Å². The molecule has 0 saturated carbocycles. The van der Waals surface area contributed by atoms with Gasteiger partial charge in [0.05, 0.1) is 10.5 Å². The van der Waals surface area contributed by atoms with Crippen molar-refractivity contribution in [1.29, 1.82) is 0 Å². The summed E-state index contributed by atoms with van der Waals surface area (Å²) in [5, 5.41) is 14.8. The molecule has 2 aromatic rings. The third kappa shape index (κ3) is 4.28. The molecule has 2 heterocycles. The van der Waals surface area contributed by atoms with E-state index in [1.807, 2.05) is 15.7 Å². The molecule has 0 bridgehead atoms. The predicted octanol–water partition coefficient (Wildman–Crippen LogP) is 2.41. The van der Waals surface area contributed by atoms with Gasteiger partial charge in [0.2, 0.25) is 0 Å². The molecule has 0 spiro atoms. The molecule has 0 N–H and O–H groups in total. The van der Waals surface area contributed by atoms with Crippen LogP contribution in [0, 0.1) is 10.1 Å². The van der Waals surface area contributed by atoms with Crippen LogP contribution in [0.4, 0.5) is 11.4 Å². The number of amides is 1. The lowest BCUT2D eigenvalue weighted by molar-refractivity contribution is -0.387. The molecule has 27 heavy (non-hydrogen) atoms. The minimum Gasteiger partial charge on any atom is -0.370 e. The van der Waals surface area contributed by atoms with Crippen LogP contribution in [0.25, 0.3) is 0 Å². The van der Waals surface area contributed by atoms with Gasteiger partial charge in [-0.15, -0.1) is 0 Å². The molecule has 10 heteroatoms. The van der Waals surface area contributed by atoms with Crippen LogP contribution in [0.1, 0.15) is 16.8 Å². The van der Waals surface area contributed by atoms with Crippen molar-refractivity contribution in [2.75, 3.05) is 37.3 Å². The quantitative estimate of drug-likeness (QED) is 0.568. The van der Waals surface area contributed by atoms with E-state index in [0.29, 0.717) is 37.4 Å². The third-order valence-electron chi connectivity index (χ3n) is 4.46. The van der Waals surface area contributed by atoms with Gasteiger partial charge in [0.15, 0.2) is 9.84 Å². The van der Waals surface area contributed by atoms with Crippen LogP contribution in [0.5, 0.6) is 0 Å². The Bertz CT molecular complexity index is 957. The van der Waals surface area contributed by atoms with Gasteiger partial charge in [0.25, 0.3) is 11.6 Å². The number of nitro groups is 1. The molecule has 0 unspecified atom stereocenters. The lowest BCUT2D eigenvalue weighted by atomic mass is 10.2. The fourth-order valence-electron chi connectivity index (χ4n) is 3.09. The van der Waals surface area contributed by atoms with Crippen molar-refractivity contribution in [2.24, 2.45) is 0 Å². The number of benzene rings is 1. The van der Waals surface area contributed by atoms with Crippen LogP contribution >= 0.6 is 11.3 Å². The fourth-order valence-corrected chi connectivity index (χ4v) is 4.58. The molecule has 0 atom stereocenters. The van der Waals surface area contributed by atoms with E-state index in [-0.39, 0.29) is 10.8 Å². The first kappa shape index (κ1) is 19.3. The zero-order chi connectivity index (χ0) is 19.6. The van der Waals surface area contributed by atoms with Crippen LogP contribution in [0.3, 0.4) is 0 Å². The monoisotopic (exact) mass is 409 g/mol. The summed E-state index contributed by atoms with van der Waals surface area (Å²) in [6.45, 7) is 2.27. The second-order valence-corrected chi connectivity index (χ2v) is 9.09. The number of sulfone groups is 1. The Balaban J connectivity index is 1.81. The van der Waals surface area contributed by atoms with Gasteiger partial charge >= 0.3 is 0 Å². The highest BCUT2D eigenvalue weighted by Gasteiger charge is 2.25. The molecule has 1 aliphatic rings. The summed E-state index contributed by atoms with van der Waals surface area (Å²) in [6, 6.07) is 5.93. The van der Waals surface area contributed by atoms with E-state index in [0.717, 1.165) is 12.7 Å². The molecule has 0 radical (unpaired) electrons. The molecule has 0 aliphatic carbocycles. The van der Waals surface area contributed by atoms with E-state index in [1.54, 1.807) is 17.0 Å². The highest BCUT2D eigenvalue weighted by atomic mass is 32.2. The van der Waals surface area contributed by atoms with Gasteiger partial charge in [0.1, 0.15) is 4.90 Å². The van der Waals surface area contributed by atoms with Crippen molar-refractivity contribution in [2.45, 2.75) is 11.3 Å². The Morgan fingerprint density at radius 3 is 2.59 bits per heavy atom. The van der Waals surface area contributed by atoms with Gasteiger partial charge in [-0.05, 0) is 30.0 Å². The fraction of sp³-hybridized carbons (Fsp3) is 0.353. The van der Waals surface area contributed by atoms with Crippen LogP contribution in [0.2, 0.25) is 0 Å². The highest BCUT2D eigenvalue weighted by Crippen LogP contribution is 2.29. The van der Waals surface area contributed by atoms with Gasteiger partial charge in [-0.3, -0.25) is 14.9 Å². The molecule has 144 valence electrons. The van der Waals surface area contributed by atoms with Crippen molar-refractivity contribution in [3.63, 3.8) is 0 Å². The molecule has 1 aromatic carbocycles. The van der Waals surface area contributed by atoms with E-state index in [4.69, 9.17) is 0 Å². The molecular weight excluding hydrogens is 390 g/mol. The summed E-state index contributed by atoms with van der Waals surface area (Å²) < 4.78 is 23.9. The first-order valence-electron chi connectivity index (χ1n) is 8.32. The van der Waals surface area contributed by atoms with Gasteiger partial charge in [-0.25, -0.2) is 8.42 Å². The first-order valence-corrected chi connectivity index (χ1v) is 11.2.